The highest BCUT2D eigenvalue weighted by molar-refractivity contribution is 7.47. The van der Waals surface area contributed by atoms with E-state index in [0.29, 0.717) is 23.9 Å². The molecule has 0 aromatic rings. The molecule has 94 heavy (non-hydrogen) atoms. The zero-order valence-corrected chi connectivity index (χ0v) is 64.1. The Balaban J connectivity index is 3.90. The van der Waals surface area contributed by atoms with Crippen molar-refractivity contribution in [3.63, 3.8) is 0 Å². The summed E-state index contributed by atoms with van der Waals surface area (Å²) >= 11 is 0. The number of rotatable bonds is 77. The van der Waals surface area contributed by atoms with Crippen LogP contribution in [0, 0.1) is 0 Å². The van der Waals surface area contributed by atoms with Gasteiger partial charge in [-0.05, 0) is 57.8 Å². The van der Waals surface area contributed by atoms with Crippen molar-refractivity contribution in [2.75, 3.05) is 47.5 Å². The first-order valence-corrected chi connectivity index (χ1v) is 42.5. The lowest BCUT2D eigenvalue weighted by Crippen LogP contribution is -2.37. The lowest BCUT2D eigenvalue weighted by molar-refractivity contribution is -0.870. The first kappa shape index (κ1) is 91.7. The third kappa shape index (κ3) is 78.7. The van der Waals surface area contributed by atoms with E-state index in [1.54, 1.807) is 0 Å². The monoisotopic (exact) mass is 1340 g/mol. The van der Waals surface area contributed by atoms with Gasteiger partial charge in [0.05, 0.1) is 27.7 Å². The SMILES string of the molecule is CC/C=C\C/C=C\C/C=C\C/C=C\C/C=C\CCCCCCCCCCCCCCCCCCCCCC(=O)OC(COC(=O)CCCCCCCCCCCCCCCCCCCCCCCCCCCCCCCCCCCCC)COP(=O)(O)OCC[N+](C)(C)C. The van der Waals surface area contributed by atoms with E-state index in [-0.39, 0.29) is 25.6 Å². The van der Waals surface area contributed by atoms with E-state index in [1.807, 2.05) is 21.1 Å². The molecule has 0 amide bonds. The molecule has 0 aromatic heterocycles. The zero-order chi connectivity index (χ0) is 68.3. The van der Waals surface area contributed by atoms with Gasteiger partial charge in [0.15, 0.2) is 6.10 Å². The van der Waals surface area contributed by atoms with Crippen LogP contribution in [0.1, 0.15) is 412 Å². The van der Waals surface area contributed by atoms with E-state index in [9.17, 15) is 19.0 Å². The number of phosphoric acid groups is 1. The van der Waals surface area contributed by atoms with Crippen molar-refractivity contribution in [1.29, 1.82) is 0 Å². The minimum atomic E-state index is -4.39. The van der Waals surface area contributed by atoms with E-state index >= 15 is 0 Å². The lowest BCUT2D eigenvalue weighted by atomic mass is 10.0. The van der Waals surface area contributed by atoms with Gasteiger partial charge in [-0.1, -0.05) is 402 Å². The van der Waals surface area contributed by atoms with Gasteiger partial charge in [-0.3, -0.25) is 18.6 Å². The number of carbonyl (C=O) groups excluding carboxylic acids is 2. The molecule has 0 heterocycles. The average Bonchev–Trinajstić information content (AvgIpc) is 1.68. The number of allylic oxidation sites excluding steroid dienone is 10. The molecular formula is C84H159NO8P+. The molecule has 2 unspecified atom stereocenters. The minimum absolute atomic E-state index is 0.0340. The van der Waals surface area contributed by atoms with Crippen LogP contribution >= 0.6 is 7.82 Å². The molecule has 0 aliphatic heterocycles. The van der Waals surface area contributed by atoms with Crippen LogP contribution in [0.4, 0.5) is 0 Å². The molecule has 0 aromatic carbocycles. The van der Waals surface area contributed by atoms with Crippen LogP contribution in [0.2, 0.25) is 0 Å². The fraction of sp³-hybridized carbons (Fsp3) is 0.857. The highest BCUT2D eigenvalue weighted by Crippen LogP contribution is 2.43. The molecule has 2 atom stereocenters. The number of esters is 2. The normalized spacial score (nSPS) is 13.3. The first-order chi connectivity index (χ1) is 46.0. The van der Waals surface area contributed by atoms with Crippen LogP contribution in [-0.4, -0.2) is 74.9 Å². The summed E-state index contributed by atoms with van der Waals surface area (Å²) in [5.74, 6) is -0.773. The molecule has 10 heteroatoms. The maximum Gasteiger partial charge on any atom is 0.472 e. The quantitative estimate of drug-likeness (QED) is 0.0211. The molecule has 0 aliphatic carbocycles. The second-order valence-electron chi connectivity index (χ2n) is 29.1. The highest BCUT2D eigenvalue weighted by Gasteiger charge is 2.27. The average molecular weight is 1340 g/mol. The van der Waals surface area contributed by atoms with Crippen LogP contribution in [0.5, 0.6) is 0 Å². The van der Waals surface area contributed by atoms with Gasteiger partial charge >= 0.3 is 19.8 Å². The zero-order valence-electron chi connectivity index (χ0n) is 63.2. The van der Waals surface area contributed by atoms with Crippen molar-refractivity contribution >= 4 is 19.8 Å². The standard InChI is InChI=1S/C84H158NO8P/c1-6-8-10-12-14-16-18-20-22-24-26-28-30-32-34-36-38-40-42-44-46-48-50-52-54-56-58-60-62-64-66-68-70-72-74-76-83(86)90-80-82(81-92-94(88,89)91-79-78-85(3,4)5)93-84(87)77-75-73-71-69-67-65-63-61-59-57-55-53-51-49-47-45-43-41-39-37-35-33-31-29-27-25-23-21-19-17-15-13-11-9-7-2/h9,11,15,17,21,23,27,29,33,35,82H,6-8,10,12-14,16,18-20,22,24-26,28,30-32,34,36-81H2,1-5H3/p+1/b11-9-,17-15-,23-21-,29-27-,35-33-. The Kier molecular flexibility index (Phi) is 73.1. The number of phosphoric ester groups is 1. The van der Waals surface area contributed by atoms with E-state index < -0.39 is 26.5 Å². The molecule has 0 spiro atoms. The van der Waals surface area contributed by atoms with E-state index in [1.165, 1.54) is 315 Å². The van der Waals surface area contributed by atoms with Crippen LogP contribution < -0.4 is 0 Å². The van der Waals surface area contributed by atoms with Crippen LogP contribution in [0.15, 0.2) is 60.8 Å². The maximum atomic E-state index is 12.9. The van der Waals surface area contributed by atoms with Crippen molar-refractivity contribution in [2.45, 2.75) is 418 Å². The number of ether oxygens (including phenoxy) is 2. The van der Waals surface area contributed by atoms with Gasteiger partial charge in [-0.15, -0.1) is 0 Å². The van der Waals surface area contributed by atoms with E-state index in [2.05, 4.69) is 74.6 Å². The van der Waals surface area contributed by atoms with Crippen molar-refractivity contribution < 1.29 is 42.1 Å². The Morgan fingerprint density at radius 1 is 0.340 bits per heavy atom. The first-order valence-electron chi connectivity index (χ1n) is 41.0. The molecule has 0 aliphatic rings. The minimum Gasteiger partial charge on any atom is -0.462 e. The van der Waals surface area contributed by atoms with Crippen LogP contribution in [0.3, 0.4) is 0 Å². The fourth-order valence-electron chi connectivity index (χ4n) is 12.3. The Bertz CT molecular complexity index is 1770. The molecule has 552 valence electrons. The van der Waals surface area contributed by atoms with Crippen molar-refractivity contribution in [3.8, 4) is 0 Å². The van der Waals surface area contributed by atoms with Crippen molar-refractivity contribution in [1.82, 2.24) is 0 Å². The molecule has 0 saturated heterocycles. The van der Waals surface area contributed by atoms with Crippen LogP contribution in [0.25, 0.3) is 0 Å². The number of carbonyl (C=O) groups is 2. The summed E-state index contributed by atoms with van der Waals surface area (Å²) in [4.78, 5) is 36.0. The largest absolute Gasteiger partial charge is 0.472 e. The summed E-state index contributed by atoms with van der Waals surface area (Å²) < 4.78 is 34.9. The molecule has 0 bridgehead atoms. The Morgan fingerprint density at radius 2 is 0.606 bits per heavy atom. The summed E-state index contributed by atoms with van der Waals surface area (Å²) in [7, 11) is 1.50. The number of unbranched alkanes of at least 4 members (excludes halogenated alkanes) is 53. The van der Waals surface area contributed by atoms with E-state index in [4.69, 9.17) is 18.5 Å². The second kappa shape index (κ2) is 74.9. The summed E-state index contributed by atoms with van der Waals surface area (Å²) in [6.07, 6.45) is 101. The van der Waals surface area contributed by atoms with Gasteiger partial charge in [0.2, 0.25) is 0 Å². The predicted molar refractivity (Wildman–Crippen MR) is 409 cm³/mol. The Morgan fingerprint density at radius 3 is 0.904 bits per heavy atom. The molecule has 0 rings (SSSR count). The topological polar surface area (TPSA) is 108 Å². The number of quaternary nitrogens is 1. The summed E-state index contributed by atoms with van der Waals surface area (Å²) in [6, 6.07) is 0. The number of likely N-dealkylation sites (N-methyl/N-ethyl adjacent to an activating group) is 1. The summed E-state index contributed by atoms with van der Waals surface area (Å²) in [5, 5.41) is 0. The third-order valence-electron chi connectivity index (χ3n) is 18.6. The highest BCUT2D eigenvalue weighted by atomic mass is 31.2. The van der Waals surface area contributed by atoms with Gasteiger partial charge in [0.1, 0.15) is 19.8 Å². The summed E-state index contributed by atoms with van der Waals surface area (Å²) in [5.41, 5.74) is 0. The second-order valence-corrected chi connectivity index (χ2v) is 30.6. The van der Waals surface area contributed by atoms with E-state index in [0.717, 1.165) is 64.2 Å². The number of hydrogen-bond acceptors (Lipinski definition) is 7. The Labute approximate surface area is 585 Å². The number of nitrogens with zero attached hydrogens (tertiary/aromatic N) is 1. The molecule has 0 saturated carbocycles. The van der Waals surface area contributed by atoms with Crippen LogP contribution in [-0.2, 0) is 32.7 Å². The molecule has 9 nitrogen and oxygen atoms in total. The van der Waals surface area contributed by atoms with Gasteiger partial charge in [0.25, 0.3) is 0 Å². The summed E-state index contributed by atoms with van der Waals surface area (Å²) in [6.45, 7) is 4.40. The van der Waals surface area contributed by atoms with Crippen molar-refractivity contribution in [2.24, 2.45) is 0 Å². The van der Waals surface area contributed by atoms with Gasteiger partial charge in [-0.2, -0.15) is 0 Å². The predicted octanol–water partition coefficient (Wildman–Crippen LogP) is 27.3. The fourth-order valence-corrected chi connectivity index (χ4v) is 13.1. The van der Waals surface area contributed by atoms with Gasteiger partial charge in [-0.25, -0.2) is 4.57 Å². The molecule has 1 N–H and O–H groups in total. The van der Waals surface area contributed by atoms with Crippen molar-refractivity contribution in [3.05, 3.63) is 60.8 Å². The van der Waals surface area contributed by atoms with Gasteiger partial charge in [0, 0.05) is 12.8 Å². The smallest absolute Gasteiger partial charge is 0.462 e. The molecule has 0 radical (unpaired) electrons. The number of hydrogen-bond donors (Lipinski definition) is 1. The lowest BCUT2D eigenvalue weighted by Gasteiger charge is -2.24. The third-order valence-corrected chi connectivity index (χ3v) is 19.5. The molecule has 0 fully saturated rings. The maximum absolute atomic E-state index is 12.9. The van der Waals surface area contributed by atoms with Gasteiger partial charge < -0.3 is 18.9 Å². The molecular weight excluding hydrogens is 1180 g/mol. The Hall–Kier alpha value is -2.29.